The van der Waals surface area contributed by atoms with Gasteiger partial charge < -0.3 is 9.64 Å². The molecule has 0 spiro atoms. The molecule has 0 atom stereocenters. The second-order valence-corrected chi connectivity index (χ2v) is 6.55. The number of aromatic nitrogens is 1. The Kier molecular flexibility index (Phi) is 4.44. The maximum absolute atomic E-state index is 12.9. The van der Waals surface area contributed by atoms with Crippen LogP contribution in [-0.4, -0.2) is 42.3 Å². The van der Waals surface area contributed by atoms with Gasteiger partial charge in [-0.05, 0) is 17.7 Å². The van der Waals surface area contributed by atoms with Crippen molar-refractivity contribution < 1.29 is 18.7 Å². The number of likely N-dealkylation sites (N-methyl/N-ethyl adjacent to an activating group) is 1. The Morgan fingerprint density at radius 3 is 2.75 bits per heavy atom. The molecule has 1 amide bonds. The lowest BCUT2D eigenvalue weighted by molar-refractivity contribution is -0.127. The van der Waals surface area contributed by atoms with Gasteiger partial charge in [0.15, 0.2) is 10.8 Å². The Labute approximate surface area is 142 Å². The minimum absolute atomic E-state index is 0.0813. The van der Waals surface area contributed by atoms with Crippen molar-refractivity contribution in [3.05, 3.63) is 63.1 Å². The molecule has 2 heterocycles. The standard InChI is InChI=1S/C17H15FN2O3S/c1-20-9-13(15(23-2)17(20)22)14(21)16-19-8-12(24-16)7-10-3-5-11(18)6-4-10/h3-6,8H,7,9H2,1-2H3. The van der Waals surface area contributed by atoms with Crippen LogP contribution in [0.25, 0.3) is 0 Å². The van der Waals surface area contributed by atoms with Crippen LogP contribution in [0, 0.1) is 5.82 Å². The van der Waals surface area contributed by atoms with Crippen LogP contribution in [0.15, 0.2) is 41.8 Å². The van der Waals surface area contributed by atoms with Crippen molar-refractivity contribution in [2.75, 3.05) is 20.7 Å². The van der Waals surface area contributed by atoms with Gasteiger partial charge in [-0.25, -0.2) is 9.37 Å². The lowest BCUT2D eigenvalue weighted by atomic mass is 10.1. The summed E-state index contributed by atoms with van der Waals surface area (Å²) in [6, 6.07) is 6.20. The number of hydrogen-bond acceptors (Lipinski definition) is 5. The summed E-state index contributed by atoms with van der Waals surface area (Å²) >= 11 is 1.27. The molecule has 0 fully saturated rings. The first-order valence-corrected chi connectivity index (χ1v) is 8.07. The van der Waals surface area contributed by atoms with Gasteiger partial charge in [0, 0.05) is 24.5 Å². The molecule has 0 aliphatic carbocycles. The molecular formula is C17H15FN2O3S. The highest BCUT2D eigenvalue weighted by atomic mass is 32.1. The Morgan fingerprint density at radius 2 is 2.08 bits per heavy atom. The molecule has 0 saturated carbocycles. The Hall–Kier alpha value is -2.54. The minimum atomic E-state index is -0.302. The number of thiazole rings is 1. The highest BCUT2D eigenvalue weighted by Crippen LogP contribution is 2.25. The van der Waals surface area contributed by atoms with Crippen molar-refractivity contribution in [3.63, 3.8) is 0 Å². The van der Waals surface area contributed by atoms with Crippen LogP contribution in [0.5, 0.6) is 0 Å². The van der Waals surface area contributed by atoms with E-state index in [9.17, 15) is 14.0 Å². The lowest BCUT2D eigenvalue weighted by Gasteiger charge is -2.06. The predicted octanol–water partition coefficient (Wildman–Crippen LogP) is 2.43. The first-order chi connectivity index (χ1) is 11.5. The van der Waals surface area contributed by atoms with Crippen molar-refractivity contribution in [2.24, 2.45) is 0 Å². The van der Waals surface area contributed by atoms with E-state index in [2.05, 4.69) is 4.98 Å². The van der Waals surface area contributed by atoms with Crippen LogP contribution in [0.4, 0.5) is 4.39 Å². The molecule has 7 heteroatoms. The number of ether oxygens (including phenoxy) is 1. The van der Waals surface area contributed by atoms with Gasteiger partial charge >= 0.3 is 0 Å². The molecule has 0 radical (unpaired) electrons. The summed E-state index contributed by atoms with van der Waals surface area (Å²) in [5, 5.41) is 0.319. The zero-order chi connectivity index (χ0) is 17.3. The number of rotatable bonds is 5. The lowest BCUT2D eigenvalue weighted by Crippen LogP contribution is -2.22. The third-order valence-electron chi connectivity index (χ3n) is 3.73. The van der Waals surface area contributed by atoms with E-state index in [1.54, 1.807) is 25.4 Å². The molecule has 1 aliphatic heterocycles. The molecule has 0 N–H and O–H groups in total. The average molecular weight is 346 g/mol. The molecule has 1 aromatic carbocycles. The van der Waals surface area contributed by atoms with E-state index in [0.29, 0.717) is 17.0 Å². The number of carbonyl (C=O) groups is 2. The maximum Gasteiger partial charge on any atom is 0.289 e. The van der Waals surface area contributed by atoms with Crippen LogP contribution >= 0.6 is 11.3 Å². The summed E-state index contributed by atoms with van der Waals surface area (Å²) in [6.45, 7) is 0.216. The summed E-state index contributed by atoms with van der Waals surface area (Å²) in [7, 11) is 2.99. The largest absolute Gasteiger partial charge is 0.491 e. The number of carbonyl (C=O) groups excluding carboxylic acids is 2. The number of ketones is 1. The monoisotopic (exact) mass is 346 g/mol. The van der Waals surface area contributed by atoms with Gasteiger partial charge in [-0.3, -0.25) is 9.59 Å². The van der Waals surface area contributed by atoms with E-state index >= 15 is 0 Å². The molecule has 5 nitrogen and oxygen atoms in total. The van der Waals surface area contributed by atoms with Crippen molar-refractivity contribution in [3.8, 4) is 0 Å². The van der Waals surface area contributed by atoms with Crippen LogP contribution < -0.4 is 0 Å². The van der Waals surface area contributed by atoms with Gasteiger partial charge in [0.1, 0.15) is 5.82 Å². The smallest absolute Gasteiger partial charge is 0.289 e. The first-order valence-electron chi connectivity index (χ1n) is 7.26. The van der Waals surface area contributed by atoms with Crippen molar-refractivity contribution in [1.29, 1.82) is 0 Å². The van der Waals surface area contributed by atoms with E-state index in [1.165, 1.54) is 35.5 Å². The minimum Gasteiger partial charge on any atom is -0.491 e. The van der Waals surface area contributed by atoms with Crippen molar-refractivity contribution >= 4 is 23.0 Å². The van der Waals surface area contributed by atoms with E-state index in [-0.39, 0.29) is 29.8 Å². The second kappa shape index (κ2) is 6.52. The zero-order valence-corrected chi connectivity index (χ0v) is 14.0. The summed E-state index contributed by atoms with van der Waals surface area (Å²) in [5.74, 6) is -0.797. The molecule has 0 unspecified atom stereocenters. The summed E-state index contributed by atoms with van der Waals surface area (Å²) in [4.78, 5) is 31.0. The van der Waals surface area contributed by atoms with Gasteiger partial charge in [-0.2, -0.15) is 0 Å². The normalized spacial score (nSPS) is 14.5. The fourth-order valence-corrected chi connectivity index (χ4v) is 3.41. The maximum atomic E-state index is 12.9. The second-order valence-electron chi connectivity index (χ2n) is 5.44. The van der Waals surface area contributed by atoms with Gasteiger partial charge in [0.25, 0.3) is 5.91 Å². The van der Waals surface area contributed by atoms with Gasteiger partial charge in [0.05, 0.1) is 19.2 Å². The molecule has 24 heavy (non-hydrogen) atoms. The third kappa shape index (κ3) is 3.07. The number of nitrogens with zero attached hydrogens (tertiary/aromatic N) is 2. The van der Waals surface area contributed by atoms with Gasteiger partial charge in [-0.15, -0.1) is 11.3 Å². The molecule has 0 saturated heterocycles. The molecule has 2 aromatic rings. The zero-order valence-electron chi connectivity index (χ0n) is 13.2. The summed E-state index contributed by atoms with van der Waals surface area (Å²) < 4.78 is 18.0. The summed E-state index contributed by atoms with van der Waals surface area (Å²) in [6.07, 6.45) is 2.20. The Morgan fingerprint density at radius 1 is 1.38 bits per heavy atom. The highest BCUT2D eigenvalue weighted by molar-refractivity contribution is 7.13. The van der Waals surface area contributed by atoms with Crippen LogP contribution in [0.1, 0.15) is 20.2 Å². The third-order valence-corrected chi connectivity index (χ3v) is 4.72. The fourth-order valence-electron chi connectivity index (χ4n) is 2.50. The number of amides is 1. The summed E-state index contributed by atoms with van der Waals surface area (Å²) in [5.41, 5.74) is 1.26. The van der Waals surface area contributed by atoms with Gasteiger partial charge in [-0.1, -0.05) is 12.1 Å². The molecule has 0 bridgehead atoms. The highest BCUT2D eigenvalue weighted by Gasteiger charge is 2.34. The number of Topliss-reactive ketones (excluding diaryl/α,β-unsaturated/α-hetero) is 1. The average Bonchev–Trinajstić information content (AvgIpc) is 3.14. The molecule has 1 aromatic heterocycles. The number of halogens is 1. The molecule has 3 rings (SSSR count). The number of hydrogen-bond donors (Lipinski definition) is 0. The van der Waals surface area contributed by atoms with E-state index in [4.69, 9.17) is 4.74 Å². The van der Waals surface area contributed by atoms with E-state index in [1.807, 2.05) is 0 Å². The molecule has 124 valence electrons. The van der Waals surface area contributed by atoms with Crippen LogP contribution in [-0.2, 0) is 16.0 Å². The number of methoxy groups -OCH3 is 1. The predicted molar refractivity (Wildman–Crippen MR) is 87.3 cm³/mol. The number of benzene rings is 1. The topological polar surface area (TPSA) is 59.5 Å². The Balaban J connectivity index is 1.80. The fraction of sp³-hybridized carbons (Fsp3) is 0.235. The first kappa shape index (κ1) is 16.3. The van der Waals surface area contributed by atoms with Gasteiger partial charge in [0.2, 0.25) is 5.78 Å². The van der Waals surface area contributed by atoms with Crippen molar-refractivity contribution in [1.82, 2.24) is 9.88 Å². The quantitative estimate of drug-likeness (QED) is 0.780. The van der Waals surface area contributed by atoms with E-state index < -0.39 is 0 Å². The Bertz CT molecular complexity index is 827. The van der Waals surface area contributed by atoms with Crippen LogP contribution in [0.2, 0.25) is 0 Å². The molecular weight excluding hydrogens is 331 g/mol. The van der Waals surface area contributed by atoms with Crippen molar-refractivity contribution in [2.45, 2.75) is 6.42 Å². The molecule has 1 aliphatic rings. The van der Waals surface area contributed by atoms with Crippen LogP contribution in [0.3, 0.4) is 0 Å². The van der Waals surface area contributed by atoms with E-state index in [0.717, 1.165) is 10.4 Å². The SMILES string of the molecule is COC1=C(C(=O)c2ncc(Cc3ccc(F)cc3)s2)CN(C)C1=O.